The SMILES string of the molecule is COc1ccccc1CC(O)(C1CNCCO1)C(F)(F)F.Cl. The summed E-state index contributed by atoms with van der Waals surface area (Å²) in [6.07, 6.45) is -6.78. The van der Waals surface area contributed by atoms with Crippen LogP contribution in [0.1, 0.15) is 5.56 Å². The Bertz CT molecular complexity index is 481. The number of benzene rings is 1. The molecule has 1 aliphatic heterocycles. The standard InChI is InChI=1S/C14H18F3NO3.ClH/c1-20-11-5-3-2-4-10(11)8-13(19,14(15,16)17)12-9-18-6-7-21-12;/h2-5,12,18-19H,6-9H2,1H3;1H. The van der Waals surface area contributed by atoms with Crippen molar-refractivity contribution in [3.05, 3.63) is 29.8 Å². The van der Waals surface area contributed by atoms with Crippen molar-refractivity contribution in [2.45, 2.75) is 24.3 Å². The molecule has 0 aliphatic carbocycles. The van der Waals surface area contributed by atoms with Gasteiger partial charge in [-0.25, -0.2) is 0 Å². The van der Waals surface area contributed by atoms with Gasteiger partial charge in [0.1, 0.15) is 11.9 Å². The first-order valence-electron chi connectivity index (χ1n) is 6.62. The Balaban J connectivity index is 0.00000242. The quantitative estimate of drug-likeness (QED) is 0.879. The van der Waals surface area contributed by atoms with E-state index >= 15 is 0 Å². The molecule has 1 aromatic carbocycles. The zero-order valence-electron chi connectivity index (χ0n) is 12.0. The van der Waals surface area contributed by atoms with Gasteiger partial charge < -0.3 is 19.9 Å². The Morgan fingerprint density at radius 1 is 1.36 bits per heavy atom. The molecule has 0 spiro atoms. The molecule has 0 aromatic heterocycles. The van der Waals surface area contributed by atoms with Crippen molar-refractivity contribution in [3.8, 4) is 5.75 Å². The van der Waals surface area contributed by atoms with Crippen molar-refractivity contribution in [1.29, 1.82) is 0 Å². The molecule has 2 N–H and O–H groups in total. The van der Waals surface area contributed by atoms with Crippen LogP contribution in [-0.4, -0.2) is 49.8 Å². The van der Waals surface area contributed by atoms with Gasteiger partial charge in [0.2, 0.25) is 0 Å². The summed E-state index contributed by atoms with van der Waals surface area (Å²) in [5.41, 5.74) is -2.68. The Hall–Kier alpha value is -1.02. The molecule has 126 valence electrons. The van der Waals surface area contributed by atoms with Crippen LogP contribution in [0.4, 0.5) is 13.2 Å². The lowest BCUT2D eigenvalue weighted by molar-refractivity contribution is -0.297. The van der Waals surface area contributed by atoms with Gasteiger partial charge in [-0.3, -0.25) is 0 Å². The van der Waals surface area contributed by atoms with Crippen LogP contribution < -0.4 is 10.1 Å². The summed E-state index contributed by atoms with van der Waals surface area (Å²) < 4.78 is 50.4. The van der Waals surface area contributed by atoms with Gasteiger partial charge in [-0.2, -0.15) is 13.2 Å². The van der Waals surface area contributed by atoms with E-state index in [2.05, 4.69) is 5.32 Å². The highest BCUT2D eigenvalue weighted by Gasteiger charge is 2.59. The third-order valence-electron chi connectivity index (χ3n) is 3.60. The van der Waals surface area contributed by atoms with E-state index in [-0.39, 0.29) is 31.1 Å². The van der Waals surface area contributed by atoms with Gasteiger partial charge in [0.15, 0.2) is 5.60 Å². The highest BCUT2D eigenvalue weighted by Crippen LogP contribution is 2.39. The molecule has 2 rings (SSSR count). The topological polar surface area (TPSA) is 50.7 Å². The fourth-order valence-electron chi connectivity index (χ4n) is 2.41. The zero-order valence-corrected chi connectivity index (χ0v) is 12.8. The summed E-state index contributed by atoms with van der Waals surface area (Å²) in [7, 11) is 1.38. The van der Waals surface area contributed by atoms with Crippen molar-refractivity contribution in [2.24, 2.45) is 0 Å². The number of aliphatic hydroxyl groups is 1. The number of rotatable bonds is 4. The predicted octanol–water partition coefficient (Wildman–Crippen LogP) is 1.94. The molecule has 4 nitrogen and oxygen atoms in total. The summed E-state index contributed by atoms with van der Waals surface area (Å²) >= 11 is 0. The average molecular weight is 342 g/mol. The number of para-hydroxylation sites is 1. The smallest absolute Gasteiger partial charge is 0.420 e. The van der Waals surface area contributed by atoms with Crippen LogP contribution in [-0.2, 0) is 11.2 Å². The number of alkyl halides is 3. The van der Waals surface area contributed by atoms with Crippen LogP contribution in [0.5, 0.6) is 5.75 Å². The highest BCUT2D eigenvalue weighted by molar-refractivity contribution is 5.85. The molecule has 1 heterocycles. The minimum atomic E-state index is -4.81. The van der Waals surface area contributed by atoms with Gasteiger partial charge >= 0.3 is 6.18 Å². The van der Waals surface area contributed by atoms with Gasteiger partial charge in [-0.05, 0) is 11.6 Å². The van der Waals surface area contributed by atoms with E-state index in [9.17, 15) is 18.3 Å². The molecule has 2 unspecified atom stereocenters. The van der Waals surface area contributed by atoms with E-state index in [1.54, 1.807) is 18.2 Å². The second-order valence-electron chi connectivity index (χ2n) is 4.97. The lowest BCUT2D eigenvalue weighted by atomic mass is 9.87. The first kappa shape index (κ1) is 19.0. The van der Waals surface area contributed by atoms with Gasteiger partial charge in [0.25, 0.3) is 0 Å². The minimum Gasteiger partial charge on any atom is -0.496 e. The third kappa shape index (κ3) is 3.84. The monoisotopic (exact) mass is 341 g/mol. The van der Waals surface area contributed by atoms with E-state index in [1.807, 2.05) is 0 Å². The number of halogens is 4. The highest BCUT2D eigenvalue weighted by atomic mass is 35.5. The number of hydrogen-bond acceptors (Lipinski definition) is 4. The number of nitrogens with one attached hydrogen (secondary N) is 1. The first-order valence-corrected chi connectivity index (χ1v) is 6.62. The molecule has 0 radical (unpaired) electrons. The maximum atomic E-state index is 13.4. The van der Waals surface area contributed by atoms with Crippen molar-refractivity contribution in [2.75, 3.05) is 26.8 Å². The zero-order chi connectivity index (χ0) is 15.5. The summed E-state index contributed by atoms with van der Waals surface area (Å²) in [6.45, 7) is 0.555. The fraction of sp³-hybridized carbons (Fsp3) is 0.571. The molecule has 1 aromatic rings. The van der Waals surface area contributed by atoms with Crippen LogP contribution in [0.15, 0.2) is 24.3 Å². The molecule has 1 fully saturated rings. The molecule has 22 heavy (non-hydrogen) atoms. The fourth-order valence-corrected chi connectivity index (χ4v) is 2.41. The molecule has 1 aliphatic rings. The molecule has 0 amide bonds. The summed E-state index contributed by atoms with van der Waals surface area (Å²) in [5.74, 6) is 0.309. The third-order valence-corrected chi connectivity index (χ3v) is 3.60. The summed E-state index contributed by atoms with van der Waals surface area (Å²) in [5, 5.41) is 13.1. The molecule has 2 atom stereocenters. The molecule has 0 saturated carbocycles. The molecular weight excluding hydrogens is 323 g/mol. The van der Waals surface area contributed by atoms with Crippen LogP contribution in [0, 0.1) is 0 Å². The number of ether oxygens (including phenoxy) is 2. The molecule has 8 heteroatoms. The van der Waals surface area contributed by atoms with Gasteiger partial charge in [0, 0.05) is 19.5 Å². The largest absolute Gasteiger partial charge is 0.496 e. The van der Waals surface area contributed by atoms with E-state index < -0.39 is 24.3 Å². The molecular formula is C14H19ClF3NO3. The Kier molecular flexibility index (Phi) is 6.49. The maximum absolute atomic E-state index is 13.4. The van der Waals surface area contributed by atoms with E-state index in [4.69, 9.17) is 9.47 Å². The number of morpholine rings is 1. The lowest BCUT2D eigenvalue weighted by Crippen LogP contribution is -2.62. The van der Waals surface area contributed by atoms with E-state index in [0.29, 0.717) is 12.3 Å². The summed E-state index contributed by atoms with van der Waals surface area (Å²) in [6, 6.07) is 6.33. The second kappa shape index (κ2) is 7.50. The number of hydrogen-bond donors (Lipinski definition) is 2. The summed E-state index contributed by atoms with van der Waals surface area (Å²) in [4.78, 5) is 0. The van der Waals surface area contributed by atoms with E-state index in [1.165, 1.54) is 13.2 Å². The lowest BCUT2D eigenvalue weighted by Gasteiger charge is -2.39. The van der Waals surface area contributed by atoms with Crippen molar-refractivity contribution in [1.82, 2.24) is 5.32 Å². The molecule has 1 saturated heterocycles. The Morgan fingerprint density at radius 3 is 2.59 bits per heavy atom. The van der Waals surface area contributed by atoms with Gasteiger partial charge in [0.05, 0.1) is 13.7 Å². The van der Waals surface area contributed by atoms with Gasteiger partial charge in [-0.15, -0.1) is 12.4 Å². The maximum Gasteiger partial charge on any atom is 0.420 e. The first-order chi connectivity index (χ1) is 9.88. The normalized spacial score (nSPS) is 21.6. The van der Waals surface area contributed by atoms with Crippen LogP contribution in [0.25, 0.3) is 0 Å². The van der Waals surface area contributed by atoms with Crippen molar-refractivity contribution in [3.63, 3.8) is 0 Å². The second-order valence-corrected chi connectivity index (χ2v) is 4.97. The van der Waals surface area contributed by atoms with Gasteiger partial charge in [-0.1, -0.05) is 18.2 Å². The van der Waals surface area contributed by atoms with Crippen molar-refractivity contribution < 1.29 is 27.8 Å². The van der Waals surface area contributed by atoms with Crippen LogP contribution in [0.3, 0.4) is 0 Å². The minimum absolute atomic E-state index is 0. The van der Waals surface area contributed by atoms with Crippen LogP contribution >= 0.6 is 12.4 Å². The van der Waals surface area contributed by atoms with Crippen molar-refractivity contribution >= 4 is 12.4 Å². The van der Waals surface area contributed by atoms with E-state index in [0.717, 1.165) is 0 Å². The van der Waals surface area contributed by atoms with Crippen LogP contribution in [0.2, 0.25) is 0 Å². The number of methoxy groups -OCH3 is 1. The Labute approximate surface area is 133 Å². The average Bonchev–Trinajstić information content (AvgIpc) is 2.47. The molecule has 0 bridgehead atoms. The predicted molar refractivity (Wildman–Crippen MR) is 77.6 cm³/mol. The Morgan fingerprint density at radius 2 is 2.05 bits per heavy atom.